The first-order valence-electron chi connectivity index (χ1n) is 9.96. The first-order chi connectivity index (χ1) is 14.1. The fourth-order valence-electron chi connectivity index (χ4n) is 3.78. The molecule has 0 unspecified atom stereocenters. The highest BCUT2D eigenvalue weighted by molar-refractivity contribution is 5.94. The lowest BCUT2D eigenvalue weighted by atomic mass is 9.98. The van der Waals surface area contributed by atoms with E-state index in [4.69, 9.17) is 10.5 Å². The van der Waals surface area contributed by atoms with Gasteiger partial charge in [-0.2, -0.15) is 0 Å². The molecule has 2 aromatic heterocycles. The molecule has 1 saturated heterocycles. The van der Waals surface area contributed by atoms with Crippen LogP contribution < -0.4 is 10.5 Å². The third-order valence-corrected chi connectivity index (χ3v) is 5.34. The van der Waals surface area contributed by atoms with E-state index in [0.29, 0.717) is 44.0 Å². The summed E-state index contributed by atoms with van der Waals surface area (Å²) in [6.07, 6.45) is 6.63. The molecule has 1 aliphatic rings. The molecule has 152 valence electrons. The molecule has 0 spiro atoms. The summed E-state index contributed by atoms with van der Waals surface area (Å²) in [5.41, 5.74) is 8.07. The molecule has 29 heavy (non-hydrogen) atoms. The van der Waals surface area contributed by atoms with Gasteiger partial charge >= 0.3 is 0 Å². The van der Waals surface area contributed by atoms with Crippen molar-refractivity contribution in [2.75, 3.05) is 26.2 Å². The normalized spacial score (nSPS) is 19.0. The molecule has 0 saturated carbocycles. The summed E-state index contributed by atoms with van der Waals surface area (Å²) in [6, 6.07) is 11.2. The molecule has 0 aliphatic carbocycles. The Labute approximate surface area is 169 Å². The van der Waals surface area contributed by atoms with Gasteiger partial charge in [-0.25, -0.2) is 4.98 Å². The van der Waals surface area contributed by atoms with Crippen LogP contribution in [0.2, 0.25) is 0 Å². The Morgan fingerprint density at radius 2 is 2.17 bits per heavy atom. The van der Waals surface area contributed by atoms with Crippen LogP contribution >= 0.6 is 0 Å². The standard InChI is InChI=1S/C22H26N4O3/c23-7-2-10-29-19-4-1-3-17(12-19)22(28)26-14-18(20(27)15-26)11-16-5-6-21-24-8-9-25(21)13-16/h1,3-6,8-9,12-13,18,20,27H,2,7,10-11,14-15,23H2/t18-,20+/m1/s1. The summed E-state index contributed by atoms with van der Waals surface area (Å²) in [4.78, 5) is 18.9. The molecule has 0 radical (unpaired) electrons. The number of likely N-dealkylation sites (tertiary alicyclic amines) is 1. The van der Waals surface area contributed by atoms with Gasteiger partial charge < -0.3 is 24.9 Å². The average Bonchev–Trinajstić information content (AvgIpc) is 3.34. The number of fused-ring (bicyclic) bond motifs is 1. The maximum atomic E-state index is 12.9. The zero-order valence-corrected chi connectivity index (χ0v) is 16.3. The molecule has 1 fully saturated rings. The molecule has 7 nitrogen and oxygen atoms in total. The van der Waals surface area contributed by atoms with Crippen LogP contribution in [0.1, 0.15) is 22.3 Å². The smallest absolute Gasteiger partial charge is 0.254 e. The van der Waals surface area contributed by atoms with Crippen molar-refractivity contribution in [3.8, 4) is 5.75 Å². The van der Waals surface area contributed by atoms with Crippen molar-refractivity contribution in [1.82, 2.24) is 14.3 Å². The van der Waals surface area contributed by atoms with Crippen LogP contribution in [-0.4, -0.2) is 57.6 Å². The number of nitrogens with two attached hydrogens (primary N) is 1. The number of aliphatic hydroxyl groups excluding tert-OH is 1. The van der Waals surface area contributed by atoms with E-state index in [1.54, 1.807) is 23.2 Å². The van der Waals surface area contributed by atoms with E-state index in [0.717, 1.165) is 17.6 Å². The summed E-state index contributed by atoms with van der Waals surface area (Å²) in [5.74, 6) is 0.582. The molecule has 3 aromatic rings. The molecule has 4 rings (SSSR count). The summed E-state index contributed by atoms with van der Waals surface area (Å²) in [7, 11) is 0. The molecule has 7 heteroatoms. The second-order valence-corrected chi connectivity index (χ2v) is 7.49. The number of β-amino-alcohol motifs (C(OH)–C–C–N with tert-alkyl or cyclic N) is 1. The lowest BCUT2D eigenvalue weighted by molar-refractivity contribution is 0.0764. The van der Waals surface area contributed by atoms with Gasteiger partial charge in [0.15, 0.2) is 0 Å². The fourth-order valence-corrected chi connectivity index (χ4v) is 3.78. The zero-order valence-electron chi connectivity index (χ0n) is 16.3. The lowest BCUT2D eigenvalue weighted by Gasteiger charge is -2.17. The Morgan fingerprint density at radius 1 is 1.28 bits per heavy atom. The Kier molecular flexibility index (Phi) is 5.78. The van der Waals surface area contributed by atoms with Crippen molar-refractivity contribution in [2.24, 2.45) is 11.7 Å². The van der Waals surface area contributed by atoms with Gasteiger partial charge in [0.05, 0.1) is 12.7 Å². The minimum absolute atomic E-state index is 0.00362. The molecule has 3 N–H and O–H groups in total. The Balaban J connectivity index is 1.41. The number of nitrogens with zero attached hydrogens (tertiary/aromatic N) is 3. The number of hydrogen-bond acceptors (Lipinski definition) is 5. The van der Waals surface area contributed by atoms with E-state index >= 15 is 0 Å². The maximum Gasteiger partial charge on any atom is 0.254 e. The van der Waals surface area contributed by atoms with Crippen LogP contribution in [0.3, 0.4) is 0 Å². The quantitative estimate of drug-likeness (QED) is 0.596. The minimum atomic E-state index is -0.540. The number of pyridine rings is 1. The van der Waals surface area contributed by atoms with E-state index < -0.39 is 6.10 Å². The largest absolute Gasteiger partial charge is 0.494 e. The molecule has 1 aliphatic heterocycles. The predicted molar refractivity (Wildman–Crippen MR) is 110 cm³/mol. The van der Waals surface area contributed by atoms with Crippen molar-refractivity contribution in [1.29, 1.82) is 0 Å². The van der Waals surface area contributed by atoms with Gasteiger partial charge in [0.1, 0.15) is 11.4 Å². The summed E-state index contributed by atoms with van der Waals surface area (Å²) >= 11 is 0. The molecular formula is C22H26N4O3. The van der Waals surface area contributed by atoms with Crippen molar-refractivity contribution in [2.45, 2.75) is 18.9 Å². The second kappa shape index (κ2) is 8.63. The van der Waals surface area contributed by atoms with Gasteiger partial charge in [0, 0.05) is 43.2 Å². The van der Waals surface area contributed by atoms with E-state index in [2.05, 4.69) is 4.98 Å². The number of carbonyl (C=O) groups excluding carboxylic acids is 1. The van der Waals surface area contributed by atoms with Crippen LogP contribution in [0.25, 0.3) is 5.65 Å². The van der Waals surface area contributed by atoms with Crippen molar-refractivity contribution in [3.63, 3.8) is 0 Å². The number of hydrogen-bond donors (Lipinski definition) is 2. The molecule has 0 bridgehead atoms. The second-order valence-electron chi connectivity index (χ2n) is 7.49. The first kappa shape index (κ1) is 19.4. The van der Waals surface area contributed by atoms with Crippen LogP contribution in [0.15, 0.2) is 55.0 Å². The summed E-state index contributed by atoms with van der Waals surface area (Å²) in [6.45, 7) is 1.97. The maximum absolute atomic E-state index is 12.9. The van der Waals surface area contributed by atoms with Gasteiger partial charge in [-0.1, -0.05) is 12.1 Å². The number of aromatic nitrogens is 2. The van der Waals surface area contributed by atoms with E-state index in [1.165, 1.54) is 0 Å². The fraction of sp³-hybridized carbons (Fsp3) is 0.364. The van der Waals surface area contributed by atoms with E-state index in [9.17, 15) is 9.90 Å². The van der Waals surface area contributed by atoms with Crippen molar-refractivity contribution in [3.05, 3.63) is 66.1 Å². The van der Waals surface area contributed by atoms with Gasteiger partial charge in [-0.15, -0.1) is 0 Å². The highest BCUT2D eigenvalue weighted by Crippen LogP contribution is 2.24. The van der Waals surface area contributed by atoms with Gasteiger partial charge in [-0.05, 0) is 49.2 Å². The topological polar surface area (TPSA) is 93.1 Å². The number of aliphatic hydroxyl groups is 1. The predicted octanol–water partition coefficient (Wildman–Crippen LogP) is 1.74. The SMILES string of the molecule is NCCCOc1cccc(C(=O)N2C[C@@H](Cc3ccc4nccn4c3)[C@@H](O)C2)c1. The Bertz CT molecular complexity index is 987. The third kappa shape index (κ3) is 4.41. The van der Waals surface area contributed by atoms with Crippen molar-refractivity contribution < 1.29 is 14.6 Å². The summed E-state index contributed by atoms with van der Waals surface area (Å²) in [5, 5.41) is 10.5. The first-order valence-corrected chi connectivity index (χ1v) is 9.96. The molecule has 1 aromatic carbocycles. The third-order valence-electron chi connectivity index (χ3n) is 5.34. The Morgan fingerprint density at radius 3 is 3.03 bits per heavy atom. The van der Waals surface area contributed by atoms with Crippen molar-refractivity contribution >= 4 is 11.6 Å². The zero-order chi connectivity index (χ0) is 20.2. The Hall–Kier alpha value is -2.90. The molecule has 1 amide bonds. The average molecular weight is 394 g/mol. The van der Waals surface area contributed by atoms with Crippen LogP contribution in [0, 0.1) is 5.92 Å². The summed E-state index contributed by atoms with van der Waals surface area (Å²) < 4.78 is 7.61. The monoisotopic (exact) mass is 394 g/mol. The van der Waals surface area contributed by atoms with Gasteiger partial charge in [0.25, 0.3) is 5.91 Å². The highest BCUT2D eigenvalue weighted by atomic mass is 16.5. The van der Waals surface area contributed by atoms with Gasteiger partial charge in [-0.3, -0.25) is 4.79 Å². The van der Waals surface area contributed by atoms with Gasteiger partial charge in [0.2, 0.25) is 0 Å². The highest BCUT2D eigenvalue weighted by Gasteiger charge is 2.34. The molecular weight excluding hydrogens is 368 g/mol. The molecule has 3 heterocycles. The minimum Gasteiger partial charge on any atom is -0.494 e. The number of ether oxygens (including phenoxy) is 1. The van der Waals surface area contributed by atoms with Crippen LogP contribution in [0.5, 0.6) is 5.75 Å². The number of rotatable bonds is 7. The van der Waals surface area contributed by atoms with Crippen LogP contribution in [0.4, 0.5) is 0 Å². The number of imidazole rings is 1. The van der Waals surface area contributed by atoms with Crippen LogP contribution in [-0.2, 0) is 6.42 Å². The lowest BCUT2D eigenvalue weighted by Crippen LogP contribution is -2.29. The number of amides is 1. The number of benzene rings is 1. The number of carbonyl (C=O) groups is 1. The van der Waals surface area contributed by atoms with E-state index in [-0.39, 0.29) is 11.8 Å². The molecule has 2 atom stereocenters. The van der Waals surface area contributed by atoms with E-state index in [1.807, 2.05) is 41.1 Å².